The summed E-state index contributed by atoms with van der Waals surface area (Å²) in [6, 6.07) is 23.9. The summed E-state index contributed by atoms with van der Waals surface area (Å²) >= 11 is 6.21. The van der Waals surface area contributed by atoms with Gasteiger partial charge in [0, 0.05) is 29.8 Å². The van der Waals surface area contributed by atoms with Gasteiger partial charge in [-0.1, -0.05) is 48.0 Å². The number of para-hydroxylation sites is 1. The second-order valence-electron chi connectivity index (χ2n) is 5.90. The lowest BCUT2D eigenvalue weighted by atomic mass is 10.1. The van der Waals surface area contributed by atoms with E-state index in [1.54, 1.807) is 37.4 Å². The van der Waals surface area contributed by atoms with E-state index >= 15 is 0 Å². The number of hydrogen-bond acceptors (Lipinski definition) is 3. The van der Waals surface area contributed by atoms with E-state index in [1.165, 1.54) is 0 Å². The highest BCUT2D eigenvalue weighted by atomic mass is 35.5. The Balaban J connectivity index is 1.60. The molecule has 4 nitrogen and oxygen atoms in total. The molecule has 0 aliphatic heterocycles. The van der Waals surface area contributed by atoms with Gasteiger partial charge in [-0.3, -0.25) is 4.79 Å². The third-order valence-electron chi connectivity index (χ3n) is 4.08. The summed E-state index contributed by atoms with van der Waals surface area (Å²) in [4.78, 5) is 12.4. The first kappa shape index (κ1) is 19.0. The Bertz CT molecular complexity index is 882. The third kappa shape index (κ3) is 5.09. The average Bonchev–Trinajstić information content (AvgIpc) is 2.71. The van der Waals surface area contributed by atoms with Gasteiger partial charge >= 0.3 is 0 Å². The fourth-order valence-corrected chi connectivity index (χ4v) is 2.90. The maximum atomic E-state index is 12.4. The van der Waals surface area contributed by atoms with Gasteiger partial charge < -0.3 is 14.8 Å². The number of hydrogen-bond donors (Lipinski definition) is 1. The highest BCUT2D eigenvalue weighted by molar-refractivity contribution is 6.31. The highest BCUT2D eigenvalue weighted by Crippen LogP contribution is 2.25. The fourth-order valence-electron chi connectivity index (χ4n) is 2.64. The molecule has 3 aromatic rings. The number of rotatable bonds is 7. The van der Waals surface area contributed by atoms with E-state index in [2.05, 4.69) is 5.32 Å². The Morgan fingerprint density at radius 1 is 0.926 bits per heavy atom. The number of benzene rings is 3. The summed E-state index contributed by atoms with van der Waals surface area (Å²) in [5, 5.41) is 3.49. The molecule has 0 heterocycles. The molecule has 138 valence electrons. The Labute approximate surface area is 163 Å². The molecule has 27 heavy (non-hydrogen) atoms. The van der Waals surface area contributed by atoms with Gasteiger partial charge in [0.15, 0.2) is 0 Å². The molecule has 0 aliphatic rings. The summed E-state index contributed by atoms with van der Waals surface area (Å²) in [7, 11) is 1.59. The molecular formula is C22H20ClNO3. The smallest absolute Gasteiger partial charge is 0.251 e. The second kappa shape index (κ2) is 9.21. The van der Waals surface area contributed by atoms with Crippen molar-refractivity contribution in [1.82, 2.24) is 5.32 Å². The van der Waals surface area contributed by atoms with Crippen molar-refractivity contribution >= 4 is 17.5 Å². The van der Waals surface area contributed by atoms with E-state index < -0.39 is 0 Å². The lowest BCUT2D eigenvalue weighted by molar-refractivity contribution is 0.0828. The van der Waals surface area contributed by atoms with Crippen molar-refractivity contribution in [2.45, 2.75) is 6.10 Å². The number of halogens is 1. The van der Waals surface area contributed by atoms with Gasteiger partial charge in [-0.2, -0.15) is 0 Å². The van der Waals surface area contributed by atoms with Gasteiger partial charge in [0.1, 0.15) is 17.6 Å². The molecule has 3 aromatic carbocycles. The lowest BCUT2D eigenvalue weighted by Gasteiger charge is -2.18. The Hall–Kier alpha value is -2.82. The minimum atomic E-state index is -0.316. The van der Waals surface area contributed by atoms with Crippen LogP contribution in [-0.4, -0.2) is 19.6 Å². The summed E-state index contributed by atoms with van der Waals surface area (Å²) in [5.74, 6) is 1.23. The number of methoxy groups -OCH3 is 1. The van der Waals surface area contributed by atoms with Crippen LogP contribution < -0.4 is 10.1 Å². The summed E-state index contributed by atoms with van der Waals surface area (Å²) < 4.78 is 11.2. The lowest BCUT2D eigenvalue weighted by Crippen LogP contribution is -2.29. The molecule has 1 atom stereocenters. The van der Waals surface area contributed by atoms with E-state index in [1.807, 2.05) is 48.5 Å². The zero-order valence-corrected chi connectivity index (χ0v) is 15.6. The summed E-state index contributed by atoms with van der Waals surface area (Å²) in [6.45, 7) is 0.321. The van der Waals surface area contributed by atoms with E-state index in [0.717, 1.165) is 11.3 Å². The first-order valence-corrected chi connectivity index (χ1v) is 8.93. The van der Waals surface area contributed by atoms with Gasteiger partial charge in [-0.25, -0.2) is 0 Å². The number of carbonyl (C=O) groups excluding carboxylic acids is 1. The zero-order valence-electron chi connectivity index (χ0n) is 14.9. The predicted octanol–water partition coefficient (Wildman–Crippen LogP) is 5.25. The van der Waals surface area contributed by atoms with Crippen LogP contribution in [0.1, 0.15) is 22.0 Å². The molecular weight excluding hydrogens is 362 g/mol. The minimum Gasteiger partial charge on any atom is -0.457 e. The van der Waals surface area contributed by atoms with Crippen molar-refractivity contribution in [2.24, 2.45) is 0 Å². The van der Waals surface area contributed by atoms with Crippen molar-refractivity contribution in [3.8, 4) is 11.5 Å². The van der Waals surface area contributed by atoms with Gasteiger partial charge in [0.05, 0.1) is 0 Å². The molecule has 0 spiro atoms. The molecule has 3 rings (SSSR count). The Morgan fingerprint density at radius 3 is 2.22 bits per heavy atom. The van der Waals surface area contributed by atoms with Crippen LogP contribution in [0.4, 0.5) is 0 Å². The molecule has 5 heteroatoms. The molecule has 1 amide bonds. The highest BCUT2D eigenvalue weighted by Gasteiger charge is 2.15. The second-order valence-corrected chi connectivity index (χ2v) is 6.30. The van der Waals surface area contributed by atoms with Crippen LogP contribution in [0.2, 0.25) is 5.02 Å². The van der Waals surface area contributed by atoms with Crippen LogP contribution in [0.15, 0.2) is 78.9 Å². The zero-order chi connectivity index (χ0) is 19.1. The standard InChI is InChI=1S/C22H20ClNO3/c1-26-21(19-9-5-6-10-20(19)23)15-24-22(25)16-11-13-18(14-12-16)27-17-7-3-2-4-8-17/h2-14,21H,15H2,1H3,(H,24,25). The maximum Gasteiger partial charge on any atom is 0.251 e. The quantitative estimate of drug-likeness (QED) is 0.608. The van der Waals surface area contributed by atoms with Crippen LogP contribution in [0, 0.1) is 0 Å². The maximum absolute atomic E-state index is 12.4. The molecule has 0 radical (unpaired) electrons. The molecule has 0 fully saturated rings. The molecule has 0 saturated heterocycles. The third-order valence-corrected chi connectivity index (χ3v) is 4.42. The molecule has 0 saturated carbocycles. The van der Waals surface area contributed by atoms with Crippen LogP contribution >= 0.6 is 11.6 Å². The molecule has 0 aliphatic carbocycles. The molecule has 0 aromatic heterocycles. The average molecular weight is 382 g/mol. The van der Waals surface area contributed by atoms with Crippen LogP contribution in [0.25, 0.3) is 0 Å². The Kier molecular flexibility index (Phi) is 6.47. The van der Waals surface area contributed by atoms with E-state index in [-0.39, 0.29) is 12.0 Å². The first-order valence-electron chi connectivity index (χ1n) is 8.56. The van der Waals surface area contributed by atoms with Gasteiger partial charge in [-0.15, -0.1) is 0 Å². The van der Waals surface area contributed by atoms with Gasteiger partial charge in [-0.05, 0) is 42.5 Å². The summed E-state index contributed by atoms with van der Waals surface area (Å²) in [6.07, 6.45) is -0.316. The van der Waals surface area contributed by atoms with Crippen molar-refractivity contribution in [3.63, 3.8) is 0 Å². The predicted molar refractivity (Wildman–Crippen MR) is 106 cm³/mol. The van der Waals surface area contributed by atoms with Crippen LogP contribution in [0.3, 0.4) is 0 Å². The van der Waals surface area contributed by atoms with E-state index in [4.69, 9.17) is 21.1 Å². The number of nitrogens with one attached hydrogen (secondary N) is 1. The number of amides is 1. The van der Waals surface area contributed by atoms with E-state index in [0.29, 0.717) is 22.9 Å². The van der Waals surface area contributed by atoms with Crippen LogP contribution in [0.5, 0.6) is 11.5 Å². The monoisotopic (exact) mass is 381 g/mol. The first-order chi connectivity index (χ1) is 13.2. The van der Waals surface area contributed by atoms with Crippen molar-refractivity contribution in [2.75, 3.05) is 13.7 Å². The SMILES string of the molecule is COC(CNC(=O)c1ccc(Oc2ccccc2)cc1)c1ccccc1Cl. The van der Waals surface area contributed by atoms with E-state index in [9.17, 15) is 4.79 Å². The largest absolute Gasteiger partial charge is 0.457 e. The minimum absolute atomic E-state index is 0.185. The van der Waals surface area contributed by atoms with Gasteiger partial charge in [0.25, 0.3) is 5.91 Å². The Morgan fingerprint density at radius 2 is 1.56 bits per heavy atom. The topological polar surface area (TPSA) is 47.6 Å². The molecule has 0 bridgehead atoms. The van der Waals surface area contributed by atoms with Crippen LogP contribution in [-0.2, 0) is 4.74 Å². The summed E-state index contributed by atoms with van der Waals surface area (Å²) in [5.41, 5.74) is 1.39. The van der Waals surface area contributed by atoms with Crippen molar-refractivity contribution in [1.29, 1.82) is 0 Å². The molecule has 1 unspecified atom stereocenters. The van der Waals surface area contributed by atoms with Crippen molar-refractivity contribution in [3.05, 3.63) is 95.0 Å². The van der Waals surface area contributed by atoms with Crippen molar-refractivity contribution < 1.29 is 14.3 Å². The fraction of sp³-hybridized carbons (Fsp3) is 0.136. The number of carbonyl (C=O) groups is 1. The molecule has 1 N–H and O–H groups in total. The van der Waals surface area contributed by atoms with Gasteiger partial charge in [0.2, 0.25) is 0 Å². The number of ether oxygens (including phenoxy) is 2. The normalized spacial score (nSPS) is 11.6.